The van der Waals surface area contributed by atoms with E-state index in [1.165, 1.54) is 5.56 Å². The molecule has 0 bridgehead atoms. The molecule has 6 nitrogen and oxygen atoms in total. The number of hydrogen-bond donors (Lipinski definition) is 1. The average Bonchev–Trinajstić information content (AvgIpc) is 3.24. The first-order chi connectivity index (χ1) is 17.0. The number of methoxy groups -OCH3 is 1. The number of para-hydroxylation sites is 2. The van der Waals surface area contributed by atoms with Crippen LogP contribution < -0.4 is 10.5 Å². The summed E-state index contributed by atoms with van der Waals surface area (Å²) in [4.78, 5) is 20.9. The maximum absolute atomic E-state index is 13.9. The van der Waals surface area contributed by atoms with Crippen LogP contribution in [0.25, 0.3) is 11.0 Å². The first-order valence-corrected chi connectivity index (χ1v) is 12.2. The zero-order chi connectivity index (χ0) is 24.8. The van der Waals surface area contributed by atoms with Crippen LogP contribution in [0.3, 0.4) is 0 Å². The second-order valence-corrected chi connectivity index (χ2v) is 9.09. The van der Waals surface area contributed by atoms with Gasteiger partial charge in [-0.3, -0.25) is 4.79 Å². The minimum atomic E-state index is -0.226. The van der Waals surface area contributed by atoms with Gasteiger partial charge in [0.15, 0.2) is 0 Å². The van der Waals surface area contributed by atoms with E-state index in [0.717, 1.165) is 16.9 Å². The van der Waals surface area contributed by atoms with Crippen LogP contribution in [0.15, 0.2) is 78.9 Å². The predicted octanol–water partition coefficient (Wildman–Crippen LogP) is 5.28. The number of fused-ring (bicyclic) bond motifs is 1. The molecule has 3 aromatic carbocycles. The van der Waals surface area contributed by atoms with Gasteiger partial charge in [-0.1, -0.05) is 62.4 Å². The van der Waals surface area contributed by atoms with Crippen LogP contribution in [0.5, 0.6) is 5.75 Å². The average molecular weight is 471 g/mol. The van der Waals surface area contributed by atoms with Crippen molar-refractivity contribution in [1.82, 2.24) is 14.5 Å². The fourth-order valence-electron chi connectivity index (χ4n) is 4.60. The van der Waals surface area contributed by atoms with Gasteiger partial charge < -0.3 is 19.9 Å². The van der Waals surface area contributed by atoms with E-state index in [1.54, 1.807) is 13.2 Å². The molecule has 0 aliphatic carbocycles. The molecule has 0 aliphatic heterocycles. The summed E-state index contributed by atoms with van der Waals surface area (Å²) >= 11 is 0. The Hall–Kier alpha value is -3.64. The normalized spacial score (nSPS) is 12.1. The Balaban J connectivity index is 1.83. The van der Waals surface area contributed by atoms with Gasteiger partial charge in [-0.2, -0.15) is 0 Å². The van der Waals surface area contributed by atoms with E-state index in [0.29, 0.717) is 37.4 Å². The molecule has 1 aromatic heterocycles. The van der Waals surface area contributed by atoms with Crippen LogP contribution in [0.4, 0.5) is 0 Å². The minimum absolute atomic E-state index is 0.0469. The van der Waals surface area contributed by atoms with Crippen molar-refractivity contribution in [2.24, 2.45) is 11.7 Å². The Kier molecular flexibility index (Phi) is 7.83. The summed E-state index contributed by atoms with van der Waals surface area (Å²) in [6, 6.07) is 25.6. The van der Waals surface area contributed by atoms with Crippen molar-refractivity contribution in [3.63, 3.8) is 0 Å². The number of aromatic nitrogens is 2. The van der Waals surface area contributed by atoms with Gasteiger partial charge in [-0.25, -0.2) is 4.98 Å². The lowest BCUT2D eigenvalue weighted by molar-refractivity contribution is 0.0605. The van der Waals surface area contributed by atoms with E-state index >= 15 is 0 Å². The predicted molar refractivity (Wildman–Crippen MR) is 141 cm³/mol. The summed E-state index contributed by atoms with van der Waals surface area (Å²) in [5.74, 6) is 1.63. The number of amides is 1. The molecule has 1 atom stereocenters. The number of benzene rings is 3. The largest absolute Gasteiger partial charge is 0.497 e. The Bertz CT molecular complexity index is 1270. The molecule has 0 fully saturated rings. The van der Waals surface area contributed by atoms with Crippen LogP contribution in [0, 0.1) is 5.92 Å². The minimum Gasteiger partial charge on any atom is -0.497 e. The summed E-state index contributed by atoms with van der Waals surface area (Å²) in [7, 11) is 1.61. The van der Waals surface area contributed by atoms with E-state index in [-0.39, 0.29) is 17.9 Å². The molecule has 35 heavy (non-hydrogen) atoms. The molecular formula is C29H34N4O2. The smallest absolute Gasteiger partial charge is 0.254 e. The number of imidazole rings is 1. The molecule has 0 saturated carbocycles. The number of ether oxygens (including phenoxy) is 1. The van der Waals surface area contributed by atoms with Gasteiger partial charge in [0.2, 0.25) is 0 Å². The van der Waals surface area contributed by atoms with Crippen LogP contribution >= 0.6 is 0 Å². The van der Waals surface area contributed by atoms with Crippen LogP contribution in [-0.2, 0) is 6.54 Å². The van der Waals surface area contributed by atoms with E-state index in [2.05, 4.69) is 36.6 Å². The molecule has 4 aromatic rings. The monoisotopic (exact) mass is 470 g/mol. The number of carbonyl (C=O) groups excluding carboxylic acids is 1. The lowest BCUT2D eigenvalue weighted by atomic mass is 9.99. The molecule has 2 N–H and O–H groups in total. The first kappa shape index (κ1) is 24.5. The Labute approximate surface area is 207 Å². The first-order valence-electron chi connectivity index (χ1n) is 12.2. The van der Waals surface area contributed by atoms with Crippen molar-refractivity contribution >= 4 is 16.9 Å². The molecule has 1 amide bonds. The standard InChI is InChI=1S/C29H34N4O2/c1-21(2)27(32(18-10-17-30)29(34)23-13-9-14-24(19-23)35-3)28-31-25-15-7-8-16-26(25)33(28)20-22-11-5-4-6-12-22/h4-9,11-16,19,21,27H,10,17-18,20,30H2,1-3H3. The summed E-state index contributed by atoms with van der Waals surface area (Å²) in [6.07, 6.45) is 0.706. The lowest BCUT2D eigenvalue weighted by Crippen LogP contribution is -2.40. The molecule has 0 spiro atoms. The molecular weight excluding hydrogens is 436 g/mol. The van der Waals surface area contributed by atoms with Crippen LogP contribution in [-0.4, -0.2) is 40.6 Å². The molecule has 0 saturated heterocycles. The molecule has 0 aliphatic rings. The highest BCUT2D eigenvalue weighted by Crippen LogP contribution is 2.33. The highest BCUT2D eigenvalue weighted by molar-refractivity contribution is 5.95. The molecule has 6 heteroatoms. The van der Waals surface area contributed by atoms with Crippen LogP contribution in [0.2, 0.25) is 0 Å². The van der Waals surface area contributed by atoms with Gasteiger partial charge in [0.1, 0.15) is 11.6 Å². The van der Waals surface area contributed by atoms with Crippen molar-refractivity contribution < 1.29 is 9.53 Å². The number of hydrogen-bond acceptors (Lipinski definition) is 4. The third kappa shape index (κ3) is 5.38. The maximum Gasteiger partial charge on any atom is 0.254 e. The van der Waals surface area contributed by atoms with Crippen molar-refractivity contribution in [3.05, 3.63) is 95.8 Å². The Morgan fingerprint density at radius 1 is 1.03 bits per heavy atom. The van der Waals surface area contributed by atoms with E-state index in [1.807, 2.05) is 59.5 Å². The highest BCUT2D eigenvalue weighted by atomic mass is 16.5. The Morgan fingerprint density at radius 3 is 2.49 bits per heavy atom. The van der Waals surface area contributed by atoms with Crippen LogP contribution in [0.1, 0.15) is 48.1 Å². The van der Waals surface area contributed by atoms with Crippen molar-refractivity contribution in [3.8, 4) is 5.75 Å². The number of nitrogens with two attached hydrogens (primary N) is 1. The maximum atomic E-state index is 13.9. The van der Waals surface area contributed by atoms with Crippen molar-refractivity contribution in [2.75, 3.05) is 20.2 Å². The third-order valence-electron chi connectivity index (χ3n) is 6.28. The molecule has 1 unspecified atom stereocenters. The number of nitrogens with zero attached hydrogens (tertiary/aromatic N) is 3. The van der Waals surface area contributed by atoms with Gasteiger partial charge in [-0.05, 0) is 54.8 Å². The van der Waals surface area contributed by atoms with Gasteiger partial charge in [0.25, 0.3) is 5.91 Å². The number of carbonyl (C=O) groups is 1. The quantitative estimate of drug-likeness (QED) is 0.342. The van der Waals surface area contributed by atoms with Crippen molar-refractivity contribution in [1.29, 1.82) is 0 Å². The van der Waals surface area contributed by atoms with E-state index in [9.17, 15) is 4.79 Å². The van der Waals surface area contributed by atoms with E-state index in [4.69, 9.17) is 15.5 Å². The fourth-order valence-corrected chi connectivity index (χ4v) is 4.60. The summed E-state index contributed by atoms with van der Waals surface area (Å²) < 4.78 is 7.63. The van der Waals surface area contributed by atoms with E-state index < -0.39 is 0 Å². The third-order valence-corrected chi connectivity index (χ3v) is 6.28. The molecule has 0 radical (unpaired) electrons. The van der Waals surface area contributed by atoms with Gasteiger partial charge in [0, 0.05) is 18.7 Å². The topological polar surface area (TPSA) is 73.4 Å². The summed E-state index contributed by atoms with van der Waals surface area (Å²) in [5.41, 5.74) is 9.66. The fraction of sp³-hybridized carbons (Fsp3) is 0.310. The van der Waals surface area contributed by atoms with Gasteiger partial charge >= 0.3 is 0 Å². The second kappa shape index (κ2) is 11.2. The highest BCUT2D eigenvalue weighted by Gasteiger charge is 2.32. The summed E-state index contributed by atoms with van der Waals surface area (Å²) in [6.45, 7) is 6.02. The van der Waals surface area contributed by atoms with Gasteiger partial charge in [0.05, 0.1) is 24.2 Å². The molecule has 4 rings (SSSR count). The summed E-state index contributed by atoms with van der Waals surface area (Å²) in [5, 5.41) is 0. The lowest BCUT2D eigenvalue weighted by Gasteiger charge is -2.34. The zero-order valence-corrected chi connectivity index (χ0v) is 20.7. The second-order valence-electron chi connectivity index (χ2n) is 9.09. The molecule has 1 heterocycles. The zero-order valence-electron chi connectivity index (χ0n) is 20.7. The van der Waals surface area contributed by atoms with Crippen molar-refractivity contribution in [2.45, 2.75) is 32.9 Å². The Morgan fingerprint density at radius 2 is 1.77 bits per heavy atom. The number of rotatable bonds is 10. The SMILES string of the molecule is COc1cccc(C(=O)N(CCCN)C(c2nc3ccccc3n2Cc2ccccc2)C(C)C)c1. The van der Waals surface area contributed by atoms with Gasteiger partial charge in [-0.15, -0.1) is 0 Å². The molecule has 182 valence electrons.